The molecule has 2 bridgehead atoms. The summed E-state index contributed by atoms with van der Waals surface area (Å²) in [6.07, 6.45) is 0. The van der Waals surface area contributed by atoms with Crippen LogP contribution in [0.4, 0.5) is 0 Å². The summed E-state index contributed by atoms with van der Waals surface area (Å²) in [5, 5.41) is 1.44. The minimum Gasteiger partial charge on any atom is -0.379 e. The number of nitrogens with zero attached hydrogens (tertiary/aromatic N) is 3. The minimum absolute atomic E-state index is 0.0602. The molecular weight excluding hydrogens is 338 g/mol. The number of halogens is 1. The van der Waals surface area contributed by atoms with Gasteiger partial charge in [-0.3, -0.25) is 14.7 Å². The summed E-state index contributed by atoms with van der Waals surface area (Å²) in [7, 11) is 2.12. The number of benzene rings is 1. The number of amides is 1. The molecule has 0 aliphatic carbocycles. The van der Waals surface area contributed by atoms with E-state index in [4.69, 9.17) is 16.3 Å². The molecule has 0 spiro atoms. The van der Waals surface area contributed by atoms with Gasteiger partial charge in [-0.1, -0.05) is 11.6 Å². The number of ether oxygens (including phenoxy) is 1. The van der Waals surface area contributed by atoms with Crippen molar-refractivity contribution in [1.82, 2.24) is 14.8 Å². The molecule has 132 valence electrons. The highest BCUT2D eigenvalue weighted by Crippen LogP contribution is 2.26. The van der Waals surface area contributed by atoms with Gasteiger partial charge in [0.15, 0.2) is 0 Å². The van der Waals surface area contributed by atoms with Crippen LogP contribution < -0.4 is 0 Å². The normalized spacial score (nSPS) is 24.4. The van der Waals surface area contributed by atoms with E-state index in [0.29, 0.717) is 36.3 Å². The van der Waals surface area contributed by atoms with Crippen molar-refractivity contribution in [2.24, 2.45) is 5.92 Å². The number of rotatable bonds is 1. The first kappa shape index (κ1) is 16.8. The fraction of sp³-hybridized carbons (Fsp3) is 0.474. The highest BCUT2D eigenvalue weighted by molar-refractivity contribution is 6.31. The van der Waals surface area contributed by atoms with E-state index in [1.165, 1.54) is 0 Å². The lowest BCUT2D eigenvalue weighted by Gasteiger charge is -2.30. The van der Waals surface area contributed by atoms with Gasteiger partial charge in [0.25, 0.3) is 5.91 Å². The van der Waals surface area contributed by atoms with Crippen LogP contribution in [0.25, 0.3) is 10.9 Å². The predicted octanol–water partition coefficient (Wildman–Crippen LogP) is 2.60. The van der Waals surface area contributed by atoms with E-state index in [0.717, 1.165) is 29.7 Å². The Morgan fingerprint density at radius 2 is 2.08 bits per heavy atom. The summed E-state index contributed by atoms with van der Waals surface area (Å²) < 4.78 is 5.76. The van der Waals surface area contributed by atoms with Gasteiger partial charge >= 0.3 is 0 Å². The highest BCUT2D eigenvalue weighted by atomic mass is 35.5. The first-order valence-electron chi connectivity index (χ1n) is 8.65. The molecule has 0 saturated carbocycles. The van der Waals surface area contributed by atoms with Gasteiger partial charge in [0, 0.05) is 41.7 Å². The fourth-order valence-corrected chi connectivity index (χ4v) is 4.07. The number of aryl methyl sites for hydroxylation is 1. The van der Waals surface area contributed by atoms with Crippen molar-refractivity contribution in [3.8, 4) is 0 Å². The number of carbonyl (C=O) groups excluding carboxylic acids is 1. The van der Waals surface area contributed by atoms with E-state index in [-0.39, 0.29) is 11.9 Å². The average Bonchev–Trinajstić information content (AvgIpc) is 2.82. The largest absolute Gasteiger partial charge is 0.379 e. The third-order valence-corrected chi connectivity index (χ3v) is 5.39. The van der Waals surface area contributed by atoms with E-state index in [9.17, 15) is 4.79 Å². The number of hydrogen-bond donors (Lipinski definition) is 0. The summed E-state index contributed by atoms with van der Waals surface area (Å²) in [6.45, 7) is 5.70. The van der Waals surface area contributed by atoms with Crippen LogP contribution in [0.5, 0.6) is 0 Å². The van der Waals surface area contributed by atoms with Crippen LogP contribution >= 0.6 is 11.6 Å². The Bertz CT molecular complexity index is 826. The zero-order chi connectivity index (χ0) is 17.6. The summed E-state index contributed by atoms with van der Waals surface area (Å²) in [6, 6.07) is 7.65. The molecule has 25 heavy (non-hydrogen) atoms. The van der Waals surface area contributed by atoms with Gasteiger partial charge < -0.3 is 9.64 Å². The monoisotopic (exact) mass is 359 g/mol. The molecule has 0 radical (unpaired) electrons. The second kappa shape index (κ2) is 6.56. The van der Waals surface area contributed by atoms with Gasteiger partial charge in [0.2, 0.25) is 0 Å². The molecule has 4 rings (SSSR count). The Kier molecular flexibility index (Phi) is 4.40. The smallest absolute Gasteiger partial charge is 0.254 e. The second-order valence-electron chi connectivity index (χ2n) is 7.18. The van der Waals surface area contributed by atoms with Crippen molar-refractivity contribution in [3.63, 3.8) is 0 Å². The van der Waals surface area contributed by atoms with Crippen LogP contribution in [0.2, 0.25) is 5.02 Å². The lowest BCUT2D eigenvalue weighted by molar-refractivity contribution is 0.0435. The van der Waals surface area contributed by atoms with E-state index in [1.807, 2.05) is 36.1 Å². The Morgan fingerprint density at radius 1 is 1.24 bits per heavy atom. The molecule has 6 heteroatoms. The van der Waals surface area contributed by atoms with Gasteiger partial charge in [-0.15, -0.1) is 0 Å². The molecule has 0 N–H and O–H groups in total. The number of fused-ring (bicyclic) bond motifs is 4. The Hall–Kier alpha value is -1.69. The summed E-state index contributed by atoms with van der Waals surface area (Å²) in [5.74, 6) is 0.407. The number of pyridine rings is 1. The third-order valence-electron chi connectivity index (χ3n) is 5.16. The zero-order valence-corrected chi connectivity index (χ0v) is 15.3. The van der Waals surface area contributed by atoms with Crippen molar-refractivity contribution >= 4 is 28.4 Å². The summed E-state index contributed by atoms with van der Waals surface area (Å²) in [4.78, 5) is 22.2. The van der Waals surface area contributed by atoms with Crippen molar-refractivity contribution in [2.75, 3.05) is 39.9 Å². The van der Waals surface area contributed by atoms with E-state index in [1.54, 1.807) is 0 Å². The molecule has 0 unspecified atom stereocenters. The van der Waals surface area contributed by atoms with Crippen LogP contribution in [0.1, 0.15) is 16.1 Å². The standard InChI is InChI=1S/C19H22ClN3O2/c1-12-5-17(16-6-14(20)3-4-18(16)21-12)19(24)23-8-13-7-22(2)15(9-23)11-25-10-13/h3-6,13,15H,7-11H2,1-2H3/t13-,15+/m1/s1. The first-order chi connectivity index (χ1) is 12.0. The molecule has 2 atom stereocenters. The fourth-order valence-electron chi connectivity index (χ4n) is 3.89. The minimum atomic E-state index is 0.0602. The molecule has 2 aliphatic rings. The number of carbonyl (C=O) groups is 1. The van der Waals surface area contributed by atoms with Gasteiger partial charge in [-0.25, -0.2) is 0 Å². The molecule has 1 amide bonds. The van der Waals surface area contributed by atoms with Gasteiger partial charge in [-0.05, 0) is 38.2 Å². The predicted molar refractivity (Wildman–Crippen MR) is 98.1 cm³/mol. The van der Waals surface area contributed by atoms with Gasteiger partial charge in [0.05, 0.1) is 30.3 Å². The van der Waals surface area contributed by atoms with Gasteiger partial charge in [-0.2, -0.15) is 0 Å². The van der Waals surface area contributed by atoms with Crippen LogP contribution in [-0.4, -0.2) is 66.6 Å². The topological polar surface area (TPSA) is 45.7 Å². The number of aromatic nitrogens is 1. The van der Waals surface area contributed by atoms with E-state index in [2.05, 4.69) is 16.9 Å². The SMILES string of the molecule is Cc1cc(C(=O)N2C[C@@H]3COC[C@H](C2)N(C)C3)c2cc(Cl)ccc2n1. The van der Waals surface area contributed by atoms with Crippen molar-refractivity contribution < 1.29 is 9.53 Å². The molecule has 1 aromatic heterocycles. The van der Waals surface area contributed by atoms with E-state index < -0.39 is 0 Å². The van der Waals surface area contributed by atoms with Gasteiger partial charge in [0.1, 0.15) is 0 Å². The Morgan fingerprint density at radius 3 is 2.92 bits per heavy atom. The lowest BCUT2D eigenvalue weighted by Crippen LogP contribution is -2.44. The molecular formula is C19H22ClN3O2. The molecule has 1 aromatic carbocycles. The van der Waals surface area contributed by atoms with Crippen molar-refractivity contribution in [3.05, 3.63) is 40.5 Å². The Labute approximate surface area is 152 Å². The average molecular weight is 360 g/mol. The molecule has 3 heterocycles. The molecule has 5 nitrogen and oxygen atoms in total. The molecule has 2 saturated heterocycles. The maximum absolute atomic E-state index is 13.4. The van der Waals surface area contributed by atoms with Crippen LogP contribution in [0.15, 0.2) is 24.3 Å². The lowest BCUT2D eigenvalue weighted by atomic mass is 10.0. The first-order valence-corrected chi connectivity index (χ1v) is 9.03. The quantitative estimate of drug-likeness (QED) is 0.785. The highest BCUT2D eigenvalue weighted by Gasteiger charge is 2.34. The van der Waals surface area contributed by atoms with Crippen LogP contribution in [-0.2, 0) is 4.74 Å². The third kappa shape index (κ3) is 3.24. The van der Waals surface area contributed by atoms with Crippen LogP contribution in [0, 0.1) is 12.8 Å². The maximum atomic E-state index is 13.4. The van der Waals surface area contributed by atoms with Crippen molar-refractivity contribution in [2.45, 2.75) is 13.0 Å². The number of hydrogen-bond acceptors (Lipinski definition) is 4. The maximum Gasteiger partial charge on any atom is 0.254 e. The molecule has 2 fully saturated rings. The summed E-state index contributed by atoms with van der Waals surface area (Å²) >= 11 is 6.17. The molecule has 2 aromatic rings. The van der Waals surface area contributed by atoms with E-state index >= 15 is 0 Å². The van der Waals surface area contributed by atoms with Crippen molar-refractivity contribution in [1.29, 1.82) is 0 Å². The second-order valence-corrected chi connectivity index (χ2v) is 7.62. The summed E-state index contributed by atoms with van der Waals surface area (Å²) in [5.41, 5.74) is 2.34. The molecule has 2 aliphatic heterocycles. The van der Waals surface area contributed by atoms with Crippen LogP contribution in [0.3, 0.4) is 0 Å². The number of likely N-dealkylation sites (N-methyl/N-ethyl adjacent to an activating group) is 1. The Balaban J connectivity index is 1.73. The zero-order valence-electron chi connectivity index (χ0n) is 14.5.